The summed E-state index contributed by atoms with van der Waals surface area (Å²) in [6.45, 7) is 0. The lowest BCUT2D eigenvalue weighted by Crippen LogP contribution is -1.89. The molecule has 4 heteroatoms. The summed E-state index contributed by atoms with van der Waals surface area (Å²) in [4.78, 5) is 4.38. The molecule has 0 aliphatic carbocycles. The number of imidazole rings is 1. The number of benzene rings is 1. The zero-order valence-electron chi connectivity index (χ0n) is 6.38. The van der Waals surface area contributed by atoms with Crippen LogP contribution in [0.5, 0.6) is 0 Å². The molecular formula is C8H6BrIN2. The average molecular weight is 337 g/mol. The zero-order valence-corrected chi connectivity index (χ0v) is 10.1. The molecule has 0 saturated heterocycles. The van der Waals surface area contributed by atoms with Gasteiger partial charge in [-0.15, -0.1) is 0 Å². The fraction of sp³-hybridized carbons (Fsp3) is 0.125. The van der Waals surface area contributed by atoms with Gasteiger partial charge in [-0.25, -0.2) is 4.98 Å². The minimum Gasteiger partial charge on any atom is -0.322 e. The molecule has 2 aromatic rings. The number of hydrogen-bond acceptors (Lipinski definition) is 1. The quantitative estimate of drug-likeness (QED) is 0.676. The van der Waals surface area contributed by atoms with Crippen LogP contribution in [0, 0.1) is 3.83 Å². The number of halogens is 2. The summed E-state index contributed by atoms with van der Waals surface area (Å²) in [6, 6.07) is 6.09. The van der Waals surface area contributed by atoms with Gasteiger partial charge in [-0.1, -0.05) is 15.9 Å². The number of nitrogens with zero attached hydrogens (tertiary/aromatic N) is 2. The van der Waals surface area contributed by atoms with Crippen molar-refractivity contribution in [3.05, 3.63) is 26.5 Å². The van der Waals surface area contributed by atoms with Crippen LogP contribution < -0.4 is 0 Å². The van der Waals surface area contributed by atoms with Gasteiger partial charge in [-0.3, -0.25) is 0 Å². The van der Waals surface area contributed by atoms with E-state index < -0.39 is 0 Å². The molecule has 0 aliphatic heterocycles. The third-order valence-corrected chi connectivity index (χ3v) is 3.25. The van der Waals surface area contributed by atoms with Gasteiger partial charge in [0.1, 0.15) is 0 Å². The molecular weight excluding hydrogens is 331 g/mol. The first kappa shape index (κ1) is 8.50. The number of aromatic nitrogens is 2. The van der Waals surface area contributed by atoms with Gasteiger partial charge in [0.15, 0.2) is 3.83 Å². The van der Waals surface area contributed by atoms with Gasteiger partial charge in [0.05, 0.1) is 11.0 Å². The van der Waals surface area contributed by atoms with E-state index in [1.165, 1.54) is 0 Å². The van der Waals surface area contributed by atoms with Crippen LogP contribution in [-0.2, 0) is 7.05 Å². The topological polar surface area (TPSA) is 17.8 Å². The molecule has 12 heavy (non-hydrogen) atoms. The number of hydrogen-bond donors (Lipinski definition) is 0. The van der Waals surface area contributed by atoms with Crippen molar-refractivity contribution in [1.29, 1.82) is 0 Å². The monoisotopic (exact) mass is 336 g/mol. The maximum absolute atomic E-state index is 4.38. The predicted octanol–water partition coefficient (Wildman–Crippen LogP) is 2.94. The van der Waals surface area contributed by atoms with Gasteiger partial charge >= 0.3 is 0 Å². The van der Waals surface area contributed by atoms with Crippen LogP contribution in [0.1, 0.15) is 0 Å². The van der Waals surface area contributed by atoms with Crippen LogP contribution in [0.2, 0.25) is 0 Å². The molecule has 0 bridgehead atoms. The third kappa shape index (κ3) is 1.26. The van der Waals surface area contributed by atoms with Crippen molar-refractivity contribution >= 4 is 49.6 Å². The molecule has 0 atom stereocenters. The minimum atomic E-state index is 1.01. The molecule has 0 saturated carbocycles. The summed E-state index contributed by atoms with van der Waals surface area (Å²) in [5.74, 6) is 0. The molecule has 0 fully saturated rings. The zero-order chi connectivity index (χ0) is 8.72. The van der Waals surface area contributed by atoms with E-state index in [1.807, 2.05) is 19.2 Å². The molecule has 0 N–H and O–H groups in total. The average Bonchev–Trinajstić information content (AvgIpc) is 2.31. The summed E-state index contributed by atoms with van der Waals surface area (Å²) in [5.41, 5.74) is 2.21. The van der Waals surface area contributed by atoms with Crippen molar-refractivity contribution in [2.24, 2.45) is 7.05 Å². The molecule has 1 aromatic heterocycles. The van der Waals surface area contributed by atoms with E-state index in [1.54, 1.807) is 0 Å². The van der Waals surface area contributed by atoms with Crippen LogP contribution in [0.4, 0.5) is 0 Å². The lowest BCUT2D eigenvalue weighted by Gasteiger charge is -1.95. The molecule has 0 amide bonds. The highest BCUT2D eigenvalue weighted by molar-refractivity contribution is 14.1. The van der Waals surface area contributed by atoms with E-state index in [4.69, 9.17) is 0 Å². The van der Waals surface area contributed by atoms with E-state index in [-0.39, 0.29) is 0 Å². The Morgan fingerprint density at radius 1 is 1.50 bits per heavy atom. The Morgan fingerprint density at radius 2 is 2.25 bits per heavy atom. The third-order valence-electron chi connectivity index (χ3n) is 1.79. The molecule has 0 radical (unpaired) electrons. The lowest BCUT2D eigenvalue weighted by atomic mass is 10.3. The van der Waals surface area contributed by atoms with Crippen molar-refractivity contribution in [2.45, 2.75) is 0 Å². The molecule has 2 rings (SSSR count). The summed E-state index contributed by atoms with van der Waals surface area (Å²) >= 11 is 5.66. The number of aryl methyl sites for hydroxylation is 1. The first-order chi connectivity index (χ1) is 5.68. The van der Waals surface area contributed by atoms with E-state index in [2.05, 4.69) is 54.1 Å². The van der Waals surface area contributed by atoms with Gasteiger partial charge in [0.2, 0.25) is 0 Å². The van der Waals surface area contributed by atoms with Gasteiger partial charge < -0.3 is 4.57 Å². The Morgan fingerprint density at radius 3 is 3.00 bits per heavy atom. The van der Waals surface area contributed by atoms with Crippen molar-refractivity contribution in [3.63, 3.8) is 0 Å². The van der Waals surface area contributed by atoms with Gasteiger partial charge in [0, 0.05) is 11.5 Å². The largest absolute Gasteiger partial charge is 0.322 e. The Labute approximate surface area is 92.2 Å². The van der Waals surface area contributed by atoms with Crippen molar-refractivity contribution in [1.82, 2.24) is 9.55 Å². The van der Waals surface area contributed by atoms with Crippen LogP contribution in [0.3, 0.4) is 0 Å². The highest BCUT2D eigenvalue weighted by Gasteiger charge is 2.03. The Balaban J connectivity index is 2.88. The highest BCUT2D eigenvalue weighted by Crippen LogP contribution is 2.20. The van der Waals surface area contributed by atoms with Crippen LogP contribution in [0.25, 0.3) is 11.0 Å². The molecule has 0 unspecified atom stereocenters. The fourth-order valence-corrected chi connectivity index (χ4v) is 2.00. The van der Waals surface area contributed by atoms with Gasteiger partial charge in [-0.05, 0) is 40.8 Å². The smallest absolute Gasteiger partial charge is 0.172 e. The van der Waals surface area contributed by atoms with E-state index >= 15 is 0 Å². The van der Waals surface area contributed by atoms with E-state index in [0.29, 0.717) is 0 Å². The summed E-state index contributed by atoms with van der Waals surface area (Å²) in [6.07, 6.45) is 0. The molecule has 0 spiro atoms. The highest BCUT2D eigenvalue weighted by atomic mass is 127. The minimum absolute atomic E-state index is 1.01. The second kappa shape index (κ2) is 2.99. The normalized spacial score (nSPS) is 10.9. The summed E-state index contributed by atoms with van der Waals surface area (Å²) in [7, 11) is 2.02. The first-order valence-electron chi connectivity index (χ1n) is 3.46. The second-order valence-electron chi connectivity index (χ2n) is 2.57. The maximum atomic E-state index is 4.38. The standard InChI is InChI=1S/C8H6BrIN2/c1-12-7-4-5(9)2-3-6(7)11-8(12)10/h2-4H,1H3. The van der Waals surface area contributed by atoms with Gasteiger partial charge in [-0.2, -0.15) is 0 Å². The van der Waals surface area contributed by atoms with Crippen molar-refractivity contribution in [3.8, 4) is 0 Å². The van der Waals surface area contributed by atoms with Crippen molar-refractivity contribution < 1.29 is 0 Å². The van der Waals surface area contributed by atoms with Gasteiger partial charge in [0.25, 0.3) is 0 Å². The first-order valence-corrected chi connectivity index (χ1v) is 5.33. The lowest BCUT2D eigenvalue weighted by molar-refractivity contribution is 0.908. The molecule has 1 heterocycles. The summed E-state index contributed by atoms with van der Waals surface area (Å²) < 4.78 is 4.18. The Kier molecular flexibility index (Phi) is 2.12. The molecule has 2 nitrogen and oxygen atoms in total. The van der Waals surface area contributed by atoms with Crippen LogP contribution in [-0.4, -0.2) is 9.55 Å². The van der Waals surface area contributed by atoms with Crippen LogP contribution in [0.15, 0.2) is 22.7 Å². The Hall–Kier alpha value is -0.100. The predicted molar refractivity (Wildman–Crippen MR) is 61.1 cm³/mol. The second-order valence-corrected chi connectivity index (χ2v) is 4.45. The van der Waals surface area contributed by atoms with Crippen LogP contribution >= 0.6 is 38.5 Å². The SMILES string of the molecule is Cn1c(I)nc2ccc(Br)cc21. The van der Waals surface area contributed by atoms with E-state index in [0.717, 1.165) is 19.3 Å². The summed E-state index contributed by atoms with van der Waals surface area (Å²) in [5, 5.41) is 0. The molecule has 62 valence electrons. The number of rotatable bonds is 0. The van der Waals surface area contributed by atoms with Crippen molar-refractivity contribution in [2.75, 3.05) is 0 Å². The number of fused-ring (bicyclic) bond motifs is 1. The maximum Gasteiger partial charge on any atom is 0.172 e. The Bertz CT molecular complexity index is 436. The molecule has 0 aliphatic rings. The van der Waals surface area contributed by atoms with E-state index in [9.17, 15) is 0 Å². The fourth-order valence-electron chi connectivity index (χ4n) is 1.13. The molecule has 1 aromatic carbocycles.